The maximum absolute atomic E-state index is 10.6. The standard InChI is InChI=1S/C13H11ClN2O3S/c1-19-13-7-2-9(14)8-12(13)15-20-11-5-3-10(4-6-11)16(17)18/h2-8,15H,1H3. The molecule has 0 heterocycles. The van der Waals surface area contributed by atoms with Gasteiger partial charge in [0.05, 0.1) is 17.7 Å². The first-order chi connectivity index (χ1) is 9.60. The zero-order chi connectivity index (χ0) is 14.5. The fourth-order valence-corrected chi connectivity index (χ4v) is 2.34. The largest absolute Gasteiger partial charge is 0.495 e. The van der Waals surface area contributed by atoms with E-state index in [1.165, 1.54) is 24.1 Å². The number of nitrogens with zero attached hydrogens (tertiary/aromatic N) is 1. The van der Waals surface area contributed by atoms with Gasteiger partial charge < -0.3 is 9.46 Å². The van der Waals surface area contributed by atoms with E-state index in [4.69, 9.17) is 16.3 Å². The van der Waals surface area contributed by atoms with E-state index in [9.17, 15) is 10.1 Å². The van der Waals surface area contributed by atoms with Crippen LogP contribution in [0.4, 0.5) is 11.4 Å². The van der Waals surface area contributed by atoms with E-state index in [0.717, 1.165) is 10.6 Å². The van der Waals surface area contributed by atoms with E-state index in [-0.39, 0.29) is 5.69 Å². The number of anilines is 1. The molecule has 0 amide bonds. The van der Waals surface area contributed by atoms with Crippen molar-refractivity contribution in [2.45, 2.75) is 4.90 Å². The van der Waals surface area contributed by atoms with Crippen LogP contribution < -0.4 is 9.46 Å². The van der Waals surface area contributed by atoms with E-state index < -0.39 is 4.92 Å². The first-order valence-corrected chi connectivity index (χ1v) is 6.80. The molecule has 104 valence electrons. The predicted octanol–water partition coefficient (Wildman–Crippen LogP) is 4.38. The van der Waals surface area contributed by atoms with Crippen LogP contribution in [0.25, 0.3) is 0 Å². The van der Waals surface area contributed by atoms with Gasteiger partial charge in [0.1, 0.15) is 5.75 Å². The van der Waals surface area contributed by atoms with Gasteiger partial charge in [0.2, 0.25) is 0 Å². The molecular weight excluding hydrogens is 300 g/mol. The molecule has 0 aliphatic carbocycles. The lowest BCUT2D eigenvalue weighted by atomic mass is 10.3. The number of nitro benzene ring substituents is 1. The van der Waals surface area contributed by atoms with Crippen molar-refractivity contribution in [3.8, 4) is 5.75 Å². The lowest BCUT2D eigenvalue weighted by Crippen LogP contribution is -1.92. The van der Waals surface area contributed by atoms with Crippen molar-refractivity contribution >= 4 is 34.9 Å². The Hall–Kier alpha value is -1.92. The number of nitrogens with one attached hydrogen (secondary N) is 1. The molecule has 0 aliphatic rings. The Balaban J connectivity index is 2.08. The molecule has 0 saturated carbocycles. The van der Waals surface area contributed by atoms with Crippen LogP contribution in [-0.2, 0) is 0 Å². The zero-order valence-corrected chi connectivity index (χ0v) is 12.1. The summed E-state index contributed by atoms with van der Waals surface area (Å²) in [5, 5.41) is 11.2. The Morgan fingerprint density at radius 2 is 1.95 bits per heavy atom. The van der Waals surface area contributed by atoms with Crippen LogP contribution in [0.3, 0.4) is 0 Å². The molecule has 0 bridgehead atoms. The third-order valence-corrected chi connectivity index (χ3v) is 3.55. The molecule has 2 aromatic carbocycles. The van der Waals surface area contributed by atoms with Crippen LogP contribution in [0.15, 0.2) is 47.4 Å². The smallest absolute Gasteiger partial charge is 0.269 e. The van der Waals surface area contributed by atoms with Crippen LogP contribution in [0.2, 0.25) is 5.02 Å². The maximum atomic E-state index is 10.6. The molecule has 0 saturated heterocycles. The Morgan fingerprint density at radius 3 is 2.55 bits per heavy atom. The Morgan fingerprint density at radius 1 is 1.25 bits per heavy atom. The van der Waals surface area contributed by atoms with Crippen molar-refractivity contribution in [3.05, 3.63) is 57.6 Å². The number of halogens is 1. The molecule has 1 N–H and O–H groups in total. The lowest BCUT2D eigenvalue weighted by Gasteiger charge is -2.10. The summed E-state index contributed by atoms with van der Waals surface area (Å²) in [6.45, 7) is 0. The molecule has 0 atom stereocenters. The molecule has 0 spiro atoms. The summed E-state index contributed by atoms with van der Waals surface area (Å²) in [6, 6.07) is 11.5. The van der Waals surface area contributed by atoms with Gasteiger partial charge in [-0.3, -0.25) is 10.1 Å². The second-order valence-corrected chi connectivity index (χ2v) is 5.12. The number of methoxy groups -OCH3 is 1. The van der Waals surface area contributed by atoms with E-state index in [2.05, 4.69) is 4.72 Å². The zero-order valence-electron chi connectivity index (χ0n) is 10.5. The predicted molar refractivity (Wildman–Crippen MR) is 80.6 cm³/mol. The van der Waals surface area contributed by atoms with E-state index in [1.54, 1.807) is 37.4 Å². The molecule has 2 aromatic rings. The van der Waals surface area contributed by atoms with Gasteiger partial charge in [-0.1, -0.05) is 11.6 Å². The van der Waals surface area contributed by atoms with Crippen LogP contribution in [0, 0.1) is 10.1 Å². The fraction of sp³-hybridized carbons (Fsp3) is 0.0769. The van der Waals surface area contributed by atoms with Gasteiger partial charge in [0.25, 0.3) is 5.69 Å². The van der Waals surface area contributed by atoms with Crippen molar-refractivity contribution in [1.29, 1.82) is 0 Å². The number of ether oxygens (including phenoxy) is 1. The summed E-state index contributed by atoms with van der Waals surface area (Å²) in [5.74, 6) is 0.670. The highest BCUT2D eigenvalue weighted by molar-refractivity contribution is 8.00. The van der Waals surface area contributed by atoms with Gasteiger partial charge in [-0.15, -0.1) is 0 Å². The molecule has 20 heavy (non-hydrogen) atoms. The summed E-state index contributed by atoms with van der Waals surface area (Å²) in [7, 11) is 1.57. The van der Waals surface area contributed by atoms with Crippen LogP contribution in [0.1, 0.15) is 0 Å². The van der Waals surface area contributed by atoms with Gasteiger partial charge in [0.15, 0.2) is 0 Å². The Labute approximate surface area is 125 Å². The minimum atomic E-state index is -0.429. The molecule has 0 unspecified atom stereocenters. The molecule has 7 heteroatoms. The normalized spacial score (nSPS) is 10.1. The Bertz CT molecular complexity index is 620. The summed E-state index contributed by atoms with van der Waals surface area (Å²) in [5.41, 5.74) is 0.804. The number of rotatable bonds is 5. The number of benzene rings is 2. The van der Waals surface area contributed by atoms with Crippen LogP contribution in [0.5, 0.6) is 5.75 Å². The summed E-state index contributed by atoms with van der Waals surface area (Å²) in [4.78, 5) is 11.0. The highest BCUT2D eigenvalue weighted by atomic mass is 35.5. The quantitative estimate of drug-likeness (QED) is 0.504. The number of hydrogen-bond donors (Lipinski definition) is 1. The molecule has 0 radical (unpaired) electrons. The van der Waals surface area contributed by atoms with E-state index in [1.807, 2.05) is 0 Å². The lowest BCUT2D eigenvalue weighted by molar-refractivity contribution is -0.384. The SMILES string of the molecule is COc1ccc(Cl)cc1NSc1ccc([N+](=O)[O-])cc1. The second-order valence-electron chi connectivity index (χ2n) is 3.80. The topological polar surface area (TPSA) is 64.4 Å². The fourth-order valence-electron chi connectivity index (χ4n) is 1.51. The van der Waals surface area contributed by atoms with Gasteiger partial charge in [0, 0.05) is 22.1 Å². The van der Waals surface area contributed by atoms with Crippen molar-refractivity contribution in [2.24, 2.45) is 0 Å². The highest BCUT2D eigenvalue weighted by Gasteiger charge is 2.06. The molecule has 5 nitrogen and oxygen atoms in total. The van der Waals surface area contributed by atoms with Crippen LogP contribution >= 0.6 is 23.5 Å². The first kappa shape index (κ1) is 14.5. The van der Waals surface area contributed by atoms with E-state index >= 15 is 0 Å². The molecule has 0 aromatic heterocycles. The molecular formula is C13H11ClN2O3S. The van der Waals surface area contributed by atoms with Gasteiger partial charge in [-0.2, -0.15) is 0 Å². The maximum Gasteiger partial charge on any atom is 0.269 e. The van der Waals surface area contributed by atoms with Crippen molar-refractivity contribution in [1.82, 2.24) is 0 Å². The summed E-state index contributed by atoms with van der Waals surface area (Å²) < 4.78 is 8.32. The van der Waals surface area contributed by atoms with E-state index in [0.29, 0.717) is 10.8 Å². The van der Waals surface area contributed by atoms with Crippen molar-refractivity contribution < 1.29 is 9.66 Å². The van der Waals surface area contributed by atoms with Crippen molar-refractivity contribution in [2.75, 3.05) is 11.8 Å². The summed E-state index contributed by atoms with van der Waals surface area (Å²) >= 11 is 7.25. The van der Waals surface area contributed by atoms with Gasteiger partial charge >= 0.3 is 0 Å². The highest BCUT2D eigenvalue weighted by Crippen LogP contribution is 2.32. The molecule has 0 fully saturated rings. The Kier molecular flexibility index (Phi) is 4.70. The molecule has 2 rings (SSSR count). The first-order valence-electron chi connectivity index (χ1n) is 5.61. The average molecular weight is 311 g/mol. The molecule has 0 aliphatic heterocycles. The van der Waals surface area contributed by atoms with Crippen molar-refractivity contribution in [3.63, 3.8) is 0 Å². The third kappa shape index (κ3) is 3.55. The number of non-ortho nitro benzene ring substituents is 1. The minimum Gasteiger partial charge on any atom is -0.495 e. The minimum absolute atomic E-state index is 0.0645. The second kappa shape index (κ2) is 6.49. The third-order valence-electron chi connectivity index (χ3n) is 2.49. The summed E-state index contributed by atoms with van der Waals surface area (Å²) in [6.07, 6.45) is 0. The van der Waals surface area contributed by atoms with Crippen LogP contribution in [-0.4, -0.2) is 12.0 Å². The number of nitro groups is 1. The van der Waals surface area contributed by atoms with Gasteiger partial charge in [-0.05, 0) is 42.3 Å². The monoisotopic (exact) mass is 310 g/mol. The average Bonchev–Trinajstić information content (AvgIpc) is 2.45. The van der Waals surface area contributed by atoms with Gasteiger partial charge in [-0.25, -0.2) is 0 Å². The number of hydrogen-bond acceptors (Lipinski definition) is 5.